The van der Waals surface area contributed by atoms with Crippen LogP contribution in [-0.2, 0) is 10.0 Å². The molecule has 2 rings (SSSR count). The molecule has 1 aliphatic heterocycles. The summed E-state index contributed by atoms with van der Waals surface area (Å²) in [7, 11) is -3.46. The molecule has 94 valence electrons. The highest BCUT2D eigenvalue weighted by Gasteiger charge is 2.21. The normalized spacial score (nSPS) is 21.4. The molecule has 1 aliphatic rings. The lowest BCUT2D eigenvalue weighted by molar-refractivity contribution is 0.428. The standard InChI is InChI=1S/C11H15ClN2O2S/c12-9-3-1-5-11(7-9)17(15,16)14-10-4-2-6-13-8-10/h1,3,5,7,10,13-14H,2,4,6,8H2/t10-/m0/s1. The monoisotopic (exact) mass is 274 g/mol. The van der Waals surface area contributed by atoms with Crippen molar-refractivity contribution in [2.75, 3.05) is 13.1 Å². The van der Waals surface area contributed by atoms with E-state index in [0.717, 1.165) is 19.4 Å². The van der Waals surface area contributed by atoms with E-state index in [4.69, 9.17) is 11.6 Å². The van der Waals surface area contributed by atoms with Crippen molar-refractivity contribution in [2.45, 2.75) is 23.8 Å². The van der Waals surface area contributed by atoms with Gasteiger partial charge in [-0.2, -0.15) is 0 Å². The Hall–Kier alpha value is -0.620. The SMILES string of the molecule is O=S(=O)(N[C@H]1CCCNC1)c1cccc(Cl)c1. The van der Waals surface area contributed by atoms with Gasteiger partial charge in [0.2, 0.25) is 10.0 Å². The van der Waals surface area contributed by atoms with Crippen LogP contribution in [0.2, 0.25) is 5.02 Å². The van der Waals surface area contributed by atoms with E-state index in [1.54, 1.807) is 18.2 Å². The van der Waals surface area contributed by atoms with Crippen molar-refractivity contribution in [2.24, 2.45) is 0 Å². The summed E-state index contributed by atoms with van der Waals surface area (Å²) in [6, 6.07) is 6.26. The highest BCUT2D eigenvalue weighted by molar-refractivity contribution is 7.89. The third-order valence-electron chi connectivity index (χ3n) is 2.73. The maximum atomic E-state index is 12.1. The summed E-state index contributed by atoms with van der Waals surface area (Å²) in [5.74, 6) is 0. The van der Waals surface area contributed by atoms with E-state index in [9.17, 15) is 8.42 Å². The van der Waals surface area contributed by atoms with Crippen LogP contribution in [0.15, 0.2) is 29.2 Å². The summed E-state index contributed by atoms with van der Waals surface area (Å²) in [6.45, 7) is 1.63. The van der Waals surface area contributed by atoms with Gasteiger partial charge in [-0.3, -0.25) is 0 Å². The Morgan fingerprint density at radius 1 is 1.41 bits per heavy atom. The van der Waals surface area contributed by atoms with Gasteiger partial charge < -0.3 is 5.32 Å². The van der Waals surface area contributed by atoms with Gasteiger partial charge in [0.1, 0.15) is 0 Å². The van der Waals surface area contributed by atoms with Crippen LogP contribution in [0.3, 0.4) is 0 Å². The molecular weight excluding hydrogens is 260 g/mol. The molecule has 1 aromatic carbocycles. The van der Waals surface area contributed by atoms with Crippen molar-refractivity contribution in [3.63, 3.8) is 0 Å². The topological polar surface area (TPSA) is 58.2 Å². The predicted octanol–water partition coefficient (Wildman–Crippen LogP) is 1.37. The first-order valence-electron chi connectivity index (χ1n) is 5.56. The van der Waals surface area contributed by atoms with Gasteiger partial charge in [0, 0.05) is 17.6 Å². The fraction of sp³-hybridized carbons (Fsp3) is 0.455. The zero-order valence-corrected chi connectivity index (χ0v) is 10.9. The molecule has 0 aromatic heterocycles. The molecule has 6 heteroatoms. The van der Waals surface area contributed by atoms with E-state index in [-0.39, 0.29) is 10.9 Å². The maximum absolute atomic E-state index is 12.1. The van der Waals surface area contributed by atoms with E-state index in [1.807, 2.05) is 0 Å². The molecule has 2 N–H and O–H groups in total. The molecule has 0 aliphatic carbocycles. The minimum atomic E-state index is -3.46. The van der Waals surface area contributed by atoms with E-state index < -0.39 is 10.0 Å². The molecular formula is C11H15ClN2O2S. The fourth-order valence-corrected chi connectivity index (χ4v) is 3.44. The van der Waals surface area contributed by atoms with Gasteiger partial charge in [-0.1, -0.05) is 17.7 Å². The van der Waals surface area contributed by atoms with Gasteiger partial charge >= 0.3 is 0 Å². The third kappa shape index (κ3) is 3.42. The van der Waals surface area contributed by atoms with Crippen LogP contribution in [0.4, 0.5) is 0 Å². The van der Waals surface area contributed by atoms with E-state index >= 15 is 0 Å². The first kappa shape index (κ1) is 12.8. The van der Waals surface area contributed by atoms with Crippen LogP contribution in [0.25, 0.3) is 0 Å². The van der Waals surface area contributed by atoms with Crippen molar-refractivity contribution in [1.29, 1.82) is 0 Å². The number of halogens is 1. The Bertz CT molecular complexity index is 484. The highest BCUT2D eigenvalue weighted by atomic mass is 35.5. The van der Waals surface area contributed by atoms with Gasteiger partial charge in [-0.15, -0.1) is 0 Å². The number of benzene rings is 1. The average Bonchev–Trinajstić information content (AvgIpc) is 2.30. The molecule has 1 heterocycles. The molecule has 17 heavy (non-hydrogen) atoms. The number of piperidine rings is 1. The molecule has 1 aromatic rings. The Labute approximate surface area is 106 Å². The molecule has 0 bridgehead atoms. The zero-order valence-electron chi connectivity index (χ0n) is 9.32. The molecule has 1 atom stereocenters. The number of hydrogen-bond acceptors (Lipinski definition) is 3. The lowest BCUT2D eigenvalue weighted by Crippen LogP contribution is -2.45. The lowest BCUT2D eigenvalue weighted by Gasteiger charge is -2.23. The lowest BCUT2D eigenvalue weighted by atomic mass is 10.1. The Kier molecular flexibility index (Phi) is 4.04. The smallest absolute Gasteiger partial charge is 0.240 e. The molecule has 0 amide bonds. The first-order valence-corrected chi connectivity index (χ1v) is 7.43. The molecule has 0 saturated carbocycles. The maximum Gasteiger partial charge on any atom is 0.240 e. The summed E-state index contributed by atoms with van der Waals surface area (Å²) in [5.41, 5.74) is 0. The number of nitrogens with one attached hydrogen (secondary N) is 2. The zero-order chi connectivity index (χ0) is 12.3. The quantitative estimate of drug-likeness (QED) is 0.875. The number of rotatable bonds is 3. The molecule has 4 nitrogen and oxygen atoms in total. The van der Waals surface area contributed by atoms with Gasteiger partial charge in [0.25, 0.3) is 0 Å². The predicted molar refractivity (Wildman–Crippen MR) is 67.7 cm³/mol. The summed E-state index contributed by atoms with van der Waals surface area (Å²) >= 11 is 5.79. The van der Waals surface area contributed by atoms with Crippen molar-refractivity contribution in [3.05, 3.63) is 29.3 Å². The first-order chi connectivity index (χ1) is 8.08. The van der Waals surface area contributed by atoms with Crippen molar-refractivity contribution in [3.8, 4) is 0 Å². The minimum Gasteiger partial charge on any atom is -0.315 e. The largest absolute Gasteiger partial charge is 0.315 e. The van der Waals surface area contributed by atoms with Gasteiger partial charge in [-0.05, 0) is 37.6 Å². The van der Waals surface area contributed by atoms with Crippen LogP contribution in [0.5, 0.6) is 0 Å². The summed E-state index contributed by atoms with van der Waals surface area (Å²) in [6.07, 6.45) is 1.86. The summed E-state index contributed by atoms with van der Waals surface area (Å²) in [5, 5.41) is 3.59. The second-order valence-electron chi connectivity index (χ2n) is 4.12. The number of sulfonamides is 1. The molecule has 0 unspecified atom stereocenters. The molecule has 1 fully saturated rings. The Balaban J connectivity index is 2.13. The van der Waals surface area contributed by atoms with Crippen molar-refractivity contribution < 1.29 is 8.42 Å². The second-order valence-corrected chi connectivity index (χ2v) is 6.27. The van der Waals surface area contributed by atoms with Crippen LogP contribution in [0.1, 0.15) is 12.8 Å². The Morgan fingerprint density at radius 3 is 2.88 bits per heavy atom. The van der Waals surface area contributed by atoms with Gasteiger partial charge in [-0.25, -0.2) is 13.1 Å². The van der Waals surface area contributed by atoms with Crippen LogP contribution < -0.4 is 10.0 Å². The van der Waals surface area contributed by atoms with E-state index in [0.29, 0.717) is 11.6 Å². The second kappa shape index (κ2) is 5.35. The molecule has 0 spiro atoms. The minimum absolute atomic E-state index is 0.0345. The van der Waals surface area contributed by atoms with Gasteiger partial charge in [0.05, 0.1) is 4.90 Å². The summed E-state index contributed by atoms with van der Waals surface area (Å²) < 4.78 is 26.8. The van der Waals surface area contributed by atoms with Crippen LogP contribution in [0, 0.1) is 0 Å². The van der Waals surface area contributed by atoms with Crippen molar-refractivity contribution >= 4 is 21.6 Å². The fourth-order valence-electron chi connectivity index (χ4n) is 1.87. The number of hydrogen-bond donors (Lipinski definition) is 2. The van der Waals surface area contributed by atoms with Crippen molar-refractivity contribution in [1.82, 2.24) is 10.0 Å². The van der Waals surface area contributed by atoms with E-state index in [2.05, 4.69) is 10.0 Å². The van der Waals surface area contributed by atoms with Gasteiger partial charge in [0.15, 0.2) is 0 Å². The van der Waals surface area contributed by atoms with Crippen LogP contribution >= 0.6 is 11.6 Å². The molecule has 1 saturated heterocycles. The highest BCUT2D eigenvalue weighted by Crippen LogP contribution is 2.16. The summed E-state index contributed by atoms with van der Waals surface area (Å²) in [4.78, 5) is 0.218. The molecule has 0 radical (unpaired) electrons. The third-order valence-corrected chi connectivity index (χ3v) is 4.48. The Morgan fingerprint density at radius 2 is 2.24 bits per heavy atom. The average molecular weight is 275 g/mol. The van der Waals surface area contributed by atoms with Crippen LogP contribution in [-0.4, -0.2) is 27.5 Å². The van der Waals surface area contributed by atoms with E-state index in [1.165, 1.54) is 6.07 Å².